The Hall–Kier alpha value is -1.88. The van der Waals surface area contributed by atoms with E-state index in [0.29, 0.717) is 23.0 Å². The lowest BCUT2D eigenvalue weighted by molar-refractivity contribution is 0.102. The Balaban J connectivity index is 2.11. The molecular weight excluding hydrogens is 260 g/mol. The van der Waals surface area contributed by atoms with Gasteiger partial charge in [-0.25, -0.2) is 4.98 Å². The summed E-state index contributed by atoms with van der Waals surface area (Å²) >= 11 is 1.51. The second kappa shape index (κ2) is 5.84. The fourth-order valence-corrected chi connectivity index (χ4v) is 2.37. The summed E-state index contributed by atoms with van der Waals surface area (Å²) in [5.41, 5.74) is 1.15. The Morgan fingerprint density at radius 1 is 1.42 bits per heavy atom. The van der Waals surface area contributed by atoms with E-state index in [1.165, 1.54) is 11.3 Å². The molecule has 100 valence electrons. The van der Waals surface area contributed by atoms with Crippen LogP contribution in [0.25, 0.3) is 0 Å². The summed E-state index contributed by atoms with van der Waals surface area (Å²) < 4.78 is 5.11. The first-order chi connectivity index (χ1) is 9.10. The molecule has 1 aromatic heterocycles. The molecule has 19 heavy (non-hydrogen) atoms. The van der Waals surface area contributed by atoms with Gasteiger partial charge < -0.3 is 10.1 Å². The van der Waals surface area contributed by atoms with Crippen molar-refractivity contribution in [3.8, 4) is 5.75 Å². The smallest absolute Gasteiger partial charge is 0.275 e. The zero-order valence-electron chi connectivity index (χ0n) is 11.1. The highest BCUT2D eigenvalue weighted by Gasteiger charge is 2.12. The average Bonchev–Trinajstić information content (AvgIpc) is 2.89. The third-order valence-electron chi connectivity index (χ3n) is 2.58. The van der Waals surface area contributed by atoms with Crippen LogP contribution in [0.1, 0.15) is 35.3 Å². The number of benzene rings is 1. The van der Waals surface area contributed by atoms with E-state index in [1.807, 2.05) is 18.2 Å². The minimum Gasteiger partial charge on any atom is -0.497 e. The van der Waals surface area contributed by atoms with E-state index in [4.69, 9.17) is 4.74 Å². The van der Waals surface area contributed by atoms with Crippen LogP contribution in [-0.4, -0.2) is 18.0 Å². The van der Waals surface area contributed by atoms with E-state index in [0.717, 1.165) is 5.01 Å². The Morgan fingerprint density at radius 3 is 2.84 bits per heavy atom. The molecule has 2 aromatic rings. The molecular formula is C14H16N2O2S. The van der Waals surface area contributed by atoms with E-state index in [-0.39, 0.29) is 5.91 Å². The maximum Gasteiger partial charge on any atom is 0.275 e. The monoisotopic (exact) mass is 276 g/mol. The van der Waals surface area contributed by atoms with Gasteiger partial charge in [0.05, 0.1) is 12.1 Å². The quantitative estimate of drug-likeness (QED) is 0.929. The molecule has 0 aliphatic heterocycles. The third-order valence-corrected chi connectivity index (χ3v) is 3.72. The minimum atomic E-state index is -0.198. The summed E-state index contributed by atoms with van der Waals surface area (Å²) in [5.74, 6) is 0.846. The van der Waals surface area contributed by atoms with Gasteiger partial charge in [-0.05, 0) is 12.1 Å². The number of thiazole rings is 1. The van der Waals surface area contributed by atoms with Crippen molar-refractivity contribution in [1.82, 2.24) is 4.98 Å². The Bertz CT molecular complexity index is 578. The molecule has 0 aliphatic rings. The van der Waals surface area contributed by atoms with Crippen molar-refractivity contribution in [3.63, 3.8) is 0 Å². The van der Waals surface area contributed by atoms with Crippen molar-refractivity contribution in [2.24, 2.45) is 0 Å². The lowest BCUT2D eigenvalue weighted by Gasteiger charge is -2.05. The molecule has 0 bridgehead atoms. The van der Waals surface area contributed by atoms with E-state index < -0.39 is 0 Å². The first-order valence-electron chi connectivity index (χ1n) is 6.01. The molecule has 0 fully saturated rings. The molecule has 0 saturated carbocycles. The molecule has 0 saturated heterocycles. The van der Waals surface area contributed by atoms with Crippen LogP contribution in [0, 0.1) is 0 Å². The lowest BCUT2D eigenvalue weighted by Crippen LogP contribution is -2.12. The number of nitrogens with zero attached hydrogens (tertiary/aromatic N) is 1. The summed E-state index contributed by atoms with van der Waals surface area (Å²) in [5, 5.41) is 5.56. The number of carbonyl (C=O) groups excluding carboxylic acids is 1. The van der Waals surface area contributed by atoms with Gasteiger partial charge in [-0.3, -0.25) is 4.79 Å². The Labute approximate surface area is 116 Å². The number of methoxy groups -OCH3 is 1. The van der Waals surface area contributed by atoms with Gasteiger partial charge in [0.2, 0.25) is 0 Å². The summed E-state index contributed by atoms with van der Waals surface area (Å²) in [6.07, 6.45) is 0. The van der Waals surface area contributed by atoms with Gasteiger partial charge in [0, 0.05) is 23.1 Å². The molecule has 0 aliphatic carbocycles. The van der Waals surface area contributed by atoms with Crippen LogP contribution in [0.5, 0.6) is 5.75 Å². The normalized spacial score (nSPS) is 10.5. The molecule has 0 atom stereocenters. The molecule has 1 amide bonds. The SMILES string of the molecule is COc1cccc(NC(=O)c2csc(C(C)C)n2)c1. The van der Waals surface area contributed by atoms with Crippen molar-refractivity contribution in [3.05, 3.63) is 40.3 Å². The van der Waals surface area contributed by atoms with Crippen molar-refractivity contribution in [2.45, 2.75) is 19.8 Å². The van der Waals surface area contributed by atoms with Crippen molar-refractivity contribution in [1.29, 1.82) is 0 Å². The summed E-state index contributed by atoms with van der Waals surface area (Å²) in [6.45, 7) is 4.12. The van der Waals surface area contributed by atoms with E-state index in [9.17, 15) is 4.79 Å². The van der Waals surface area contributed by atoms with Crippen LogP contribution in [0.4, 0.5) is 5.69 Å². The van der Waals surface area contributed by atoms with Gasteiger partial charge >= 0.3 is 0 Å². The van der Waals surface area contributed by atoms with Gasteiger partial charge in [-0.2, -0.15) is 0 Å². The van der Waals surface area contributed by atoms with E-state index in [2.05, 4.69) is 24.1 Å². The molecule has 4 nitrogen and oxygen atoms in total. The number of anilines is 1. The number of hydrogen-bond acceptors (Lipinski definition) is 4. The Kier molecular flexibility index (Phi) is 4.16. The predicted molar refractivity (Wildman–Crippen MR) is 77.2 cm³/mol. The first-order valence-corrected chi connectivity index (χ1v) is 6.89. The topological polar surface area (TPSA) is 51.2 Å². The minimum absolute atomic E-state index is 0.198. The number of hydrogen-bond donors (Lipinski definition) is 1. The second-order valence-corrected chi connectivity index (χ2v) is 5.30. The highest BCUT2D eigenvalue weighted by molar-refractivity contribution is 7.09. The average molecular weight is 276 g/mol. The van der Waals surface area contributed by atoms with Gasteiger partial charge in [-0.15, -0.1) is 11.3 Å². The van der Waals surface area contributed by atoms with Crippen LogP contribution >= 0.6 is 11.3 Å². The molecule has 0 spiro atoms. The Morgan fingerprint density at radius 2 is 2.21 bits per heavy atom. The number of ether oxygens (including phenoxy) is 1. The van der Waals surface area contributed by atoms with Crippen LogP contribution in [0.3, 0.4) is 0 Å². The van der Waals surface area contributed by atoms with Crippen molar-refractivity contribution >= 4 is 22.9 Å². The standard InChI is InChI=1S/C14H16N2O2S/c1-9(2)14-16-12(8-19-14)13(17)15-10-5-4-6-11(7-10)18-3/h4-9H,1-3H3,(H,15,17). The van der Waals surface area contributed by atoms with E-state index >= 15 is 0 Å². The maximum atomic E-state index is 12.0. The molecule has 2 rings (SSSR count). The van der Waals surface area contributed by atoms with Crippen LogP contribution in [0.2, 0.25) is 0 Å². The zero-order chi connectivity index (χ0) is 13.8. The highest BCUT2D eigenvalue weighted by atomic mass is 32.1. The zero-order valence-corrected chi connectivity index (χ0v) is 12.0. The molecule has 1 heterocycles. The lowest BCUT2D eigenvalue weighted by atomic mass is 10.2. The van der Waals surface area contributed by atoms with Crippen molar-refractivity contribution < 1.29 is 9.53 Å². The third kappa shape index (κ3) is 3.32. The number of amides is 1. The van der Waals surface area contributed by atoms with E-state index in [1.54, 1.807) is 18.6 Å². The number of aromatic nitrogens is 1. The van der Waals surface area contributed by atoms with Gasteiger partial charge in [0.25, 0.3) is 5.91 Å². The van der Waals surface area contributed by atoms with Crippen LogP contribution in [-0.2, 0) is 0 Å². The van der Waals surface area contributed by atoms with Gasteiger partial charge in [0.1, 0.15) is 11.4 Å². The largest absolute Gasteiger partial charge is 0.497 e. The molecule has 1 N–H and O–H groups in total. The van der Waals surface area contributed by atoms with Crippen LogP contribution < -0.4 is 10.1 Å². The molecule has 0 radical (unpaired) electrons. The molecule has 1 aromatic carbocycles. The number of carbonyl (C=O) groups is 1. The first kappa shape index (κ1) is 13.5. The molecule has 0 unspecified atom stereocenters. The van der Waals surface area contributed by atoms with Crippen molar-refractivity contribution in [2.75, 3.05) is 12.4 Å². The number of nitrogens with one attached hydrogen (secondary N) is 1. The van der Waals surface area contributed by atoms with Crippen LogP contribution in [0.15, 0.2) is 29.6 Å². The van der Waals surface area contributed by atoms with Gasteiger partial charge in [-0.1, -0.05) is 19.9 Å². The molecule has 5 heteroatoms. The summed E-state index contributed by atoms with van der Waals surface area (Å²) in [7, 11) is 1.59. The fraction of sp³-hybridized carbons (Fsp3) is 0.286. The van der Waals surface area contributed by atoms with Gasteiger partial charge in [0.15, 0.2) is 0 Å². The summed E-state index contributed by atoms with van der Waals surface area (Å²) in [6, 6.07) is 7.24. The summed E-state index contributed by atoms with van der Waals surface area (Å²) in [4.78, 5) is 16.4. The maximum absolute atomic E-state index is 12.0. The highest BCUT2D eigenvalue weighted by Crippen LogP contribution is 2.21. The predicted octanol–water partition coefficient (Wildman–Crippen LogP) is 3.53. The fourth-order valence-electron chi connectivity index (χ4n) is 1.55. The number of rotatable bonds is 4. The second-order valence-electron chi connectivity index (χ2n) is 4.41.